The lowest BCUT2D eigenvalue weighted by Gasteiger charge is -2.34. The minimum Gasteiger partial charge on any atom is -0.416 e. The van der Waals surface area contributed by atoms with Gasteiger partial charge in [0.25, 0.3) is 5.22 Å². The predicted molar refractivity (Wildman–Crippen MR) is 108 cm³/mol. The number of rotatable bonds is 8. The fourth-order valence-corrected chi connectivity index (χ4v) is 3.65. The van der Waals surface area contributed by atoms with Crippen LogP contribution in [0.1, 0.15) is 28.7 Å². The molecule has 0 radical (unpaired) electrons. The van der Waals surface area contributed by atoms with Crippen molar-refractivity contribution in [3.05, 3.63) is 53.9 Å². The third-order valence-electron chi connectivity index (χ3n) is 4.64. The lowest BCUT2D eigenvalue weighted by Crippen LogP contribution is -2.59. The van der Waals surface area contributed by atoms with E-state index in [1.165, 1.54) is 6.08 Å². The Morgan fingerprint density at radius 1 is 1.31 bits per heavy atom. The SMILES string of the molecule is C=CCN1C(=O)NC(C)C(Cc2nnc(SCC(=O)c3ccc(C)cc3)o2)C1=O. The second-order valence-corrected chi connectivity index (χ2v) is 7.75. The highest BCUT2D eigenvalue weighted by atomic mass is 32.2. The number of ketones is 1. The van der Waals surface area contributed by atoms with Crippen LogP contribution in [0.2, 0.25) is 0 Å². The van der Waals surface area contributed by atoms with Gasteiger partial charge in [-0.25, -0.2) is 4.79 Å². The zero-order valence-electron chi connectivity index (χ0n) is 16.3. The summed E-state index contributed by atoms with van der Waals surface area (Å²) >= 11 is 1.15. The van der Waals surface area contributed by atoms with Crippen molar-refractivity contribution in [2.24, 2.45) is 5.92 Å². The number of urea groups is 1. The molecule has 3 rings (SSSR count). The summed E-state index contributed by atoms with van der Waals surface area (Å²) in [5, 5.41) is 11.0. The van der Waals surface area contributed by atoms with Crippen molar-refractivity contribution in [1.82, 2.24) is 20.4 Å². The number of hydrogen-bond acceptors (Lipinski definition) is 7. The van der Waals surface area contributed by atoms with Gasteiger partial charge in [-0.1, -0.05) is 47.7 Å². The van der Waals surface area contributed by atoms with Gasteiger partial charge in [-0.05, 0) is 13.8 Å². The number of Topliss-reactive ketones (excluding diaryl/α,β-unsaturated/α-hetero) is 1. The molecule has 0 bridgehead atoms. The average Bonchev–Trinajstić information content (AvgIpc) is 3.14. The molecule has 1 saturated heterocycles. The van der Waals surface area contributed by atoms with Crippen molar-refractivity contribution >= 4 is 29.5 Å². The Morgan fingerprint density at radius 3 is 2.72 bits per heavy atom. The minimum atomic E-state index is -0.514. The summed E-state index contributed by atoms with van der Waals surface area (Å²) in [4.78, 5) is 37.9. The van der Waals surface area contributed by atoms with Crippen LogP contribution in [-0.2, 0) is 11.2 Å². The number of carbonyl (C=O) groups is 3. The lowest BCUT2D eigenvalue weighted by atomic mass is 9.93. The molecule has 2 atom stereocenters. The maximum Gasteiger partial charge on any atom is 0.324 e. The van der Waals surface area contributed by atoms with Gasteiger partial charge in [-0.3, -0.25) is 14.5 Å². The summed E-state index contributed by atoms with van der Waals surface area (Å²) < 4.78 is 5.60. The molecule has 0 saturated carbocycles. The molecule has 1 N–H and O–H groups in total. The summed E-state index contributed by atoms with van der Waals surface area (Å²) in [5.74, 6) is -0.390. The highest BCUT2D eigenvalue weighted by Crippen LogP contribution is 2.23. The van der Waals surface area contributed by atoms with Gasteiger partial charge in [0.1, 0.15) is 0 Å². The Bertz CT molecular complexity index is 925. The third kappa shape index (κ3) is 4.92. The second-order valence-electron chi connectivity index (χ2n) is 6.83. The molecule has 3 amide bonds. The molecule has 9 heteroatoms. The van der Waals surface area contributed by atoms with Gasteiger partial charge in [0, 0.05) is 24.6 Å². The van der Waals surface area contributed by atoms with E-state index in [-0.39, 0.29) is 47.6 Å². The Labute approximate surface area is 172 Å². The van der Waals surface area contributed by atoms with Crippen LogP contribution in [0.25, 0.3) is 0 Å². The Morgan fingerprint density at radius 2 is 2.03 bits per heavy atom. The summed E-state index contributed by atoms with van der Waals surface area (Å²) in [7, 11) is 0. The van der Waals surface area contributed by atoms with Crippen molar-refractivity contribution in [3.8, 4) is 0 Å². The lowest BCUT2D eigenvalue weighted by molar-refractivity contribution is -0.134. The smallest absolute Gasteiger partial charge is 0.324 e. The van der Waals surface area contributed by atoms with E-state index in [0.29, 0.717) is 5.56 Å². The largest absolute Gasteiger partial charge is 0.416 e. The third-order valence-corrected chi connectivity index (χ3v) is 5.46. The number of nitrogens with one attached hydrogen (secondary N) is 1. The molecule has 0 aliphatic carbocycles. The van der Waals surface area contributed by atoms with Crippen LogP contribution < -0.4 is 5.32 Å². The van der Waals surface area contributed by atoms with Gasteiger partial charge < -0.3 is 9.73 Å². The number of nitrogens with zero attached hydrogens (tertiary/aromatic N) is 3. The molecule has 1 fully saturated rings. The second kappa shape index (κ2) is 9.04. The van der Waals surface area contributed by atoms with Gasteiger partial charge in [0.05, 0.1) is 11.7 Å². The monoisotopic (exact) mass is 414 g/mol. The van der Waals surface area contributed by atoms with Crippen LogP contribution in [0.4, 0.5) is 4.79 Å². The van der Waals surface area contributed by atoms with Crippen molar-refractivity contribution < 1.29 is 18.8 Å². The summed E-state index contributed by atoms with van der Waals surface area (Å²) in [6.07, 6.45) is 1.70. The molecule has 1 aliphatic heterocycles. The first-order valence-corrected chi connectivity index (χ1v) is 10.2. The van der Waals surface area contributed by atoms with Crippen molar-refractivity contribution in [1.29, 1.82) is 0 Å². The van der Waals surface area contributed by atoms with E-state index >= 15 is 0 Å². The summed E-state index contributed by atoms with van der Waals surface area (Å²) in [6.45, 7) is 7.43. The van der Waals surface area contributed by atoms with Crippen LogP contribution in [0, 0.1) is 12.8 Å². The number of aryl methyl sites for hydroxylation is 1. The minimum absolute atomic E-state index is 0.0337. The molecular formula is C20H22N4O4S. The highest BCUT2D eigenvalue weighted by molar-refractivity contribution is 7.99. The molecule has 1 aromatic heterocycles. The predicted octanol–water partition coefficient (Wildman–Crippen LogP) is 2.64. The molecule has 2 unspecified atom stereocenters. The van der Waals surface area contributed by atoms with E-state index in [1.807, 2.05) is 19.1 Å². The van der Waals surface area contributed by atoms with Crippen LogP contribution in [0.5, 0.6) is 0 Å². The van der Waals surface area contributed by atoms with E-state index in [2.05, 4.69) is 22.1 Å². The molecule has 2 aromatic rings. The molecule has 2 heterocycles. The molecule has 1 aromatic carbocycles. The molecule has 152 valence electrons. The van der Waals surface area contributed by atoms with E-state index in [0.717, 1.165) is 22.2 Å². The first-order valence-electron chi connectivity index (χ1n) is 9.17. The van der Waals surface area contributed by atoms with Gasteiger partial charge >= 0.3 is 6.03 Å². The fraction of sp³-hybridized carbons (Fsp3) is 0.350. The topological polar surface area (TPSA) is 105 Å². The van der Waals surface area contributed by atoms with Crippen molar-refractivity contribution in [3.63, 3.8) is 0 Å². The van der Waals surface area contributed by atoms with Crippen LogP contribution in [0.3, 0.4) is 0 Å². The number of amides is 3. The number of hydrogen-bond donors (Lipinski definition) is 1. The van der Waals surface area contributed by atoms with Crippen LogP contribution in [-0.4, -0.2) is 51.2 Å². The zero-order valence-corrected chi connectivity index (χ0v) is 17.1. The quantitative estimate of drug-likeness (QED) is 0.402. The maximum atomic E-state index is 12.6. The summed E-state index contributed by atoms with van der Waals surface area (Å²) in [5.41, 5.74) is 1.72. The van der Waals surface area contributed by atoms with E-state index in [9.17, 15) is 14.4 Å². The van der Waals surface area contributed by atoms with Crippen molar-refractivity contribution in [2.45, 2.75) is 31.5 Å². The fourth-order valence-electron chi connectivity index (χ4n) is 2.97. The van der Waals surface area contributed by atoms with Gasteiger partial charge in [-0.15, -0.1) is 16.8 Å². The maximum absolute atomic E-state index is 12.6. The van der Waals surface area contributed by atoms with Gasteiger partial charge in [0.2, 0.25) is 11.8 Å². The molecule has 1 aliphatic rings. The summed E-state index contributed by atoms with van der Waals surface area (Å²) in [6, 6.07) is 6.56. The standard InChI is InChI=1S/C20H22N4O4S/c1-4-9-24-18(26)15(13(3)21-19(24)27)10-17-22-23-20(28-17)29-11-16(25)14-7-5-12(2)6-8-14/h4-8,13,15H,1,9-11H2,2-3H3,(H,21,27). The number of aromatic nitrogens is 2. The first kappa shape index (κ1) is 20.8. The number of carbonyl (C=O) groups excluding carboxylic acids is 3. The van der Waals surface area contributed by atoms with E-state index in [1.54, 1.807) is 19.1 Å². The first-order chi connectivity index (χ1) is 13.9. The Balaban J connectivity index is 1.60. The number of benzene rings is 1. The van der Waals surface area contributed by atoms with E-state index < -0.39 is 11.9 Å². The van der Waals surface area contributed by atoms with Crippen LogP contribution >= 0.6 is 11.8 Å². The highest BCUT2D eigenvalue weighted by Gasteiger charge is 2.39. The molecular weight excluding hydrogens is 392 g/mol. The van der Waals surface area contributed by atoms with Gasteiger partial charge in [0.15, 0.2) is 5.78 Å². The van der Waals surface area contributed by atoms with Crippen molar-refractivity contribution in [2.75, 3.05) is 12.3 Å². The average molecular weight is 414 g/mol. The number of imide groups is 1. The molecule has 8 nitrogen and oxygen atoms in total. The molecule has 29 heavy (non-hydrogen) atoms. The van der Waals surface area contributed by atoms with Crippen LogP contribution in [0.15, 0.2) is 46.6 Å². The zero-order chi connectivity index (χ0) is 21.0. The number of thioether (sulfide) groups is 1. The Hall–Kier alpha value is -2.94. The normalized spacial score (nSPS) is 19.2. The molecule has 0 spiro atoms. The van der Waals surface area contributed by atoms with Gasteiger partial charge in [-0.2, -0.15) is 0 Å². The Kier molecular flexibility index (Phi) is 6.48. The van der Waals surface area contributed by atoms with E-state index in [4.69, 9.17) is 4.42 Å².